The smallest absolute Gasteiger partial charge is 0.239 e. The molecule has 1 N–H and O–H groups in total. The quantitative estimate of drug-likeness (QED) is 0.720. The number of pyridine rings is 1. The van der Waals surface area contributed by atoms with Gasteiger partial charge in [0.1, 0.15) is 5.82 Å². The van der Waals surface area contributed by atoms with Crippen LogP contribution in [0.5, 0.6) is 0 Å². The summed E-state index contributed by atoms with van der Waals surface area (Å²) in [5.74, 6) is 0.465. The monoisotopic (exact) mass is 417 g/mol. The molecule has 1 heterocycles. The van der Waals surface area contributed by atoms with Gasteiger partial charge in [-0.2, -0.15) is 0 Å². The van der Waals surface area contributed by atoms with E-state index < -0.39 is 0 Å². The van der Waals surface area contributed by atoms with Crippen LogP contribution in [-0.2, 0) is 11.3 Å². The molecular weight excluding hydrogens is 394 g/mol. The third kappa shape index (κ3) is 4.99. The van der Waals surface area contributed by atoms with Gasteiger partial charge in [0.15, 0.2) is 5.78 Å². The van der Waals surface area contributed by atoms with Crippen LogP contribution in [0.4, 0.5) is 5.82 Å². The van der Waals surface area contributed by atoms with Crippen molar-refractivity contribution in [3.05, 3.63) is 56.7 Å². The second-order valence-corrected chi connectivity index (χ2v) is 7.54. The molecule has 0 aliphatic carbocycles. The van der Waals surface area contributed by atoms with E-state index in [0.29, 0.717) is 12.4 Å². The Labute approximate surface area is 162 Å². The standard InChI is InChI=1S/C20H24BrN3O2/c1-12-8-13(2)20(15(4)25)14(3)17(12)10-24(5)11-19(26)23-18-7-6-16(21)9-22-18/h6-9H,10-11H2,1-5H3,(H,22,23,26). The van der Waals surface area contributed by atoms with E-state index in [9.17, 15) is 9.59 Å². The molecule has 1 aromatic carbocycles. The molecule has 0 atom stereocenters. The number of likely N-dealkylation sites (N-methyl/N-ethyl adjacent to an activating group) is 1. The van der Waals surface area contributed by atoms with Crippen LogP contribution in [0.3, 0.4) is 0 Å². The first-order valence-electron chi connectivity index (χ1n) is 8.39. The van der Waals surface area contributed by atoms with Gasteiger partial charge in [0, 0.05) is 22.8 Å². The van der Waals surface area contributed by atoms with Gasteiger partial charge in [-0.1, -0.05) is 6.07 Å². The number of nitrogens with zero attached hydrogens (tertiary/aromatic N) is 2. The number of aryl methyl sites for hydroxylation is 2. The van der Waals surface area contributed by atoms with Crippen molar-refractivity contribution >= 4 is 33.4 Å². The number of aromatic nitrogens is 1. The number of benzene rings is 1. The molecule has 0 aliphatic rings. The molecule has 0 fully saturated rings. The van der Waals surface area contributed by atoms with E-state index in [4.69, 9.17) is 0 Å². The topological polar surface area (TPSA) is 62.3 Å². The zero-order valence-corrected chi connectivity index (χ0v) is 17.4. The summed E-state index contributed by atoms with van der Waals surface area (Å²) >= 11 is 3.32. The van der Waals surface area contributed by atoms with Gasteiger partial charge in [0.25, 0.3) is 0 Å². The lowest BCUT2D eigenvalue weighted by atomic mass is 9.91. The van der Waals surface area contributed by atoms with Gasteiger partial charge in [0.2, 0.25) is 5.91 Å². The number of amides is 1. The summed E-state index contributed by atoms with van der Waals surface area (Å²) in [6.07, 6.45) is 1.64. The molecule has 0 bridgehead atoms. The Morgan fingerprint density at radius 3 is 2.46 bits per heavy atom. The minimum absolute atomic E-state index is 0.0722. The van der Waals surface area contributed by atoms with Crippen molar-refractivity contribution in [3.8, 4) is 0 Å². The van der Waals surface area contributed by atoms with E-state index in [2.05, 4.69) is 26.2 Å². The normalized spacial score (nSPS) is 10.9. The van der Waals surface area contributed by atoms with Crippen molar-refractivity contribution in [2.45, 2.75) is 34.2 Å². The van der Waals surface area contributed by atoms with E-state index in [1.807, 2.05) is 44.9 Å². The number of Topliss-reactive ketones (excluding diaryl/α,β-unsaturated/α-hetero) is 1. The van der Waals surface area contributed by atoms with Gasteiger partial charge in [0.05, 0.1) is 6.54 Å². The van der Waals surface area contributed by atoms with Gasteiger partial charge in [-0.15, -0.1) is 0 Å². The molecule has 0 saturated carbocycles. The van der Waals surface area contributed by atoms with Crippen LogP contribution in [0.2, 0.25) is 0 Å². The summed E-state index contributed by atoms with van der Waals surface area (Å²) in [6, 6.07) is 5.61. The number of carbonyl (C=O) groups is 2. The average molecular weight is 418 g/mol. The lowest BCUT2D eigenvalue weighted by Crippen LogP contribution is -2.30. The predicted octanol–water partition coefficient (Wildman–Crippen LogP) is 4.04. The minimum atomic E-state index is -0.128. The molecule has 2 rings (SSSR count). The molecule has 0 radical (unpaired) electrons. The fraction of sp³-hybridized carbons (Fsp3) is 0.350. The molecule has 1 amide bonds. The molecule has 0 spiro atoms. The molecule has 0 unspecified atom stereocenters. The van der Waals surface area contributed by atoms with Crippen LogP contribution in [-0.4, -0.2) is 35.2 Å². The number of ketones is 1. The lowest BCUT2D eigenvalue weighted by molar-refractivity contribution is -0.117. The van der Waals surface area contributed by atoms with E-state index in [1.165, 1.54) is 0 Å². The van der Waals surface area contributed by atoms with Crippen LogP contribution in [0.15, 0.2) is 28.9 Å². The first kappa shape index (κ1) is 20.3. The molecule has 26 heavy (non-hydrogen) atoms. The van der Waals surface area contributed by atoms with Crippen molar-refractivity contribution in [2.75, 3.05) is 18.9 Å². The van der Waals surface area contributed by atoms with Crippen molar-refractivity contribution in [1.82, 2.24) is 9.88 Å². The second-order valence-electron chi connectivity index (χ2n) is 6.63. The molecule has 5 nitrogen and oxygen atoms in total. The maximum atomic E-state index is 12.2. The Balaban J connectivity index is 2.08. The van der Waals surface area contributed by atoms with E-state index >= 15 is 0 Å². The lowest BCUT2D eigenvalue weighted by Gasteiger charge is -2.21. The first-order chi connectivity index (χ1) is 12.2. The predicted molar refractivity (Wildman–Crippen MR) is 108 cm³/mol. The highest BCUT2D eigenvalue weighted by Crippen LogP contribution is 2.24. The van der Waals surface area contributed by atoms with Gasteiger partial charge in [-0.05, 0) is 85.1 Å². The zero-order chi connectivity index (χ0) is 19.4. The van der Waals surface area contributed by atoms with Crippen LogP contribution < -0.4 is 5.32 Å². The summed E-state index contributed by atoms with van der Waals surface area (Å²) in [5.41, 5.74) is 5.00. The second kappa shape index (κ2) is 8.56. The van der Waals surface area contributed by atoms with Crippen LogP contribution in [0.25, 0.3) is 0 Å². The molecule has 138 valence electrons. The third-order valence-corrected chi connectivity index (χ3v) is 4.79. The number of hydrogen-bond donors (Lipinski definition) is 1. The number of halogens is 1. The number of rotatable bonds is 6. The van der Waals surface area contributed by atoms with Crippen molar-refractivity contribution in [3.63, 3.8) is 0 Å². The highest BCUT2D eigenvalue weighted by Gasteiger charge is 2.16. The summed E-state index contributed by atoms with van der Waals surface area (Å²) < 4.78 is 0.860. The first-order valence-corrected chi connectivity index (χ1v) is 9.19. The van der Waals surface area contributed by atoms with Gasteiger partial charge < -0.3 is 5.32 Å². The third-order valence-electron chi connectivity index (χ3n) is 4.32. The highest BCUT2D eigenvalue weighted by atomic mass is 79.9. The number of anilines is 1. The molecule has 1 aromatic heterocycles. The van der Waals surface area contributed by atoms with E-state index in [-0.39, 0.29) is 18.2 Å². The number of hydrogen-bond acceptors (Lipinski definition) is 4. The van der Waals surface area contributed by atoms with Gasteiger partial charge in [-0.25, -0.2) is 4.98 Å². The van der Waals surface area contributed by atoms with Crippen LogP contribution in [0, 0.1) is 20.8 Å². The van der Waals surface area contributed by atoms with Crippen molar-refractivity contribution < 1.29 is 9.59 Å². The summed E-state index contributed by atoms with van der Waals surface area (Å²) in [6.45, 7) is 8.41. The van der Waals surface area contributed by atoms with Crippen LogP contribution in [0.1, 0.15) is 39.5 Å². The minimum Gasteiger partial charge on any atom is -0.310 e. The number of carbonyl (C=O) groups excluding carboxylic acids is 2. The molecule has 2 aromatic rings. The number of nitrogens with one attached hydrogen (secondary N) is 1. The Morgan fingerprint density at radius 1 is 1.19 bits per heavy atom. The zero-order valence-electron chi connectivity index (χ0n) is 15.8. The highest BCUT2D eigenvalue weighted by molar-refractivity contribution is 9.10. The summed E-state index contributed by atoms with van der Waals surface area (Å²) in [5, 5.41) is 2.79. The van der Waals surface area contributed by atoms with Crippen LogP contribution >= 0.6 is 15.9 Å². The van der Waals surface area contributed by atoms with E-state index in [0.717, 1.165) is 32.3 Å². The molecule has 0 saturated heterocycles. The van der Waals surface area contributed by atoms with Crippen molar-refractivity contribution in [2.24, 2.45) is 0 Å². The summed E-state index contributed by atoms with van der Waals surface area (Å²) in [7, 11) is 1.89. The fourth-order valence-electron chi connectivity index (χ4n) is 3.21. The Bertz CT molecular complexity index is 832. The maximum absolute atomic E-state index is 12.2. The summed E-state index contributed by atoms with van der Waals surface area (Å²) in [4.78, 5) is 30.3. The molecule has 6 heteroatoms. The van der Waals surface area contributed by atoms with E-state index in [1.54, 1.807) is 19.2 Å². The molecule has 0 aliphatic heterocycles. The Kier molecular flexibility index (Phi) is 6.67. The molecular formula is C20H24BrN3O2. The largest absolute Gasteiger partial charge is 0.310 e. The van der Waals surface area contributed by atoms with Gasteiger partial charge >= 0.3 is 0 Å². The Morgan fingerprint density at radius 2 is 1.88 bits per heavy atom. The SMILES string of the molecule is CC(=O)c1c(C)cc(C)c(CN(C)CC(=O)Nc2ccc(Br)cn2)c1C. The average Bonchev–Trinajstić information content (AvgIpc) is 2.53. The fourth-order valence-corrected chi connectivity index (χ4v) is 3.45. The Hall–Kier alpha value is -2.05. The van der Waals surface area contributed by atoms with Gasteiger partial charge in [-0.3, -0.25) is 14.5 Å². The maximum Gasteiger partial charge on any atom is 0.239 e. The van der Waals surface area contributed by atoms with Crippen molar-refractivity contribution in [1.29, 1.82) is 0 Å².